The molecule has 0 aromatic heterocycles. The second-order valence-corrected chi connectivity index (χ2v) is 6.45. The number of halogens is 2. The van der Waals surface area contributed by atoms with Gasteiger partial charge in [0.05, 0.1) is 7.11 Å². The van der Waals surface area contributed by atoms with Gasteiger partial charge in [-0.1, -0.05) is 48.0 Å². The molecule has 0 amide bonds. The number of hydrogen-bond acceptors (Lipinski definition) is 3. The predicted octanol–water partition coefficient (Wildman–Crippen LogP) is 2.22. The van der Waals surface area contributed by atoms with E-state index in [0.29, 0.717) is 6.61 Å². The van der Waals surface area contributed by atoms with Crippen LogP contribution in [0.4, 0.5) is 0 Å². The van der Waals surface area contributed by atoms with Crippen molar-refractivity contribution in [1.82, 2.24) is 5.32 Å². The van der Waals surface area contributed by atoms with Crippen LogP contribution in [0.15, 0.2) is 72.8 Å². The van der Waals surface area contributed by atoms with Gasteiger partial charge in [0, 0.05) is 18.1 Å². The van der Waals surface area contributed by atoms with E-state index in [1.54, 1.807) is 7.11 Å². The fourth-order valence-corrected chi connectivity index (χ4v) is 2.71. The predicted molar refractivity (Wildman–Crippen MR) is 106 cm³/mol. The molecule has 3 rings (SSSR count). The summed E-state index contributed by atoms with van der Waals surface area (Å²) in [6.07, 6.45) is 0. The summed E-state index contributed by atoms with van der Waals surface area (Å²) in [5.41, 5.74) is 3.51. The zero-order chi connectivity index (χ0) is 18.2. The molecule has 0 saturated carbocycles. The summed E-state index contributed by atoms with van der Waals surface area (Å²) in [5.74, 6) is 1.74. The Labute approximate surface area is 171 Å². The highest BCUT2D eigenvalue weighted by atomic mass is 35.5. The maximum atomic E-state index is 5.90. The Morgan fingerprint density at radius 2 is 1.44 bits per heavy atom. The Morgan fingerprint density at radius 1 is 0.778 bits per heavy atom. The van der Waals surface area contributed by atoms with Crippen molar-refractivity contribution in [3.05, 3.63) is 94.5 Å². The van der Waals surface area contributed by atoms with Crippen LogP contribution in [0, 0.1) is 0 Å². The van der Waals surface area contributed by atoms with Crippen LogP contribution in [0.3, 0.4) is 0 Å². The fraction of sp³-hybridized carbons (Fsp3) is 0.182. The lowest BCUT2D eigenvalue weighted by Crippen LogP contribution is -3.00. The maximum Gasteiger partial charge on any atom is 0.120 e. The molecule has 0 bridgehead atoms. The van der Waals surface area contributed by atoms with Crippen molar-refractivity contribution in [2.75, 3.05) is 7.11 Å². The van der Waals surface area contributed by atoms with Crippen LogP contribution in [0.2, 0.25) is 5.02 Å². The molecule has 0 heterocycles. The molecule has 5 heteroatoms. The first-order chi connectivity index (χ1) is 12.7. The molecule has 0 spiro atoms. The van der Waals surface area contributed by atoms with Gasteiger partial charge in [-0.3, -0.25) is 0 Å². The lowest BCUT2D eigenvalue weighted by atomic mass is 10.2. The van der Waals surface area contributed by atoms with Crippen molar-refractivity contribution >= 4 is 11.6 Å². The van der Waals surface area contributed by atoms with Gasteiger partial charge in [-0.2, -0.15) is 0 Å². The molecule has 0 atom stereocenters. The molecule has 3 aromatic carbocycles. The van der Waals surface area contributed by atoms with E-state index in [0.717, 1.165) is 35.2 Å². The minimum absolute atomic E-state index is 0. The lowest BCUT2D eigenvalue weighted by Gasteiger charge is -2.10. The van der Waals surface area contributed by atoms with Gasteiger partial charge < -0.3 is 27.2 Å². The molecule has 3 aromatic rings. The number of nitrogens with one attached hydrogen (secondary N) is 1. The number of benzene rings is 3. The molecule has 1 N–H and O–H groups in total. The van der Waals surface area contributed by atoms with E-state index in [9.17, 15) is 0 Å². The average Bonchev–Trinajstić information content (AvgIpc) is 2.68. The van der Waals surface area contributed by atoms with Crippen LogP contribution in [0.25, 0.3) is 0 Å². The molecule has 0 unspecified atom stereocenters. The first-order valence-electron chi connectivity index (χ1n) is 8.53. The van der Waals surface area contributed by atoms with E-state index in [4.69, 9.17) is 21.1 Å². The Morgan fingerprint density at radius 3 is 2.15 bits per heavy atom. The summed E-state index contributed by atoms with van der Waals surface area (Å²) in [6.45, 7) is 2.12. The van der Waals surface area contributed by atoms with Crippen LogP contribution < -0.4 is 27.2 Å². The largest absolute Gasteiger partial charge is 1.00 e. The molecule has 0 aliphatic rings. The molecule has 0 aliphatic carbocycles. The summed E-state index contributed by atoms with van der Waals surface area (Å²) in [5, 5.41) is 4.19. The van der Waals surface area contributed by atoms with Crippen LogP contribution in [-0.2, 0) is 19.7 Å². The summed E-state index contributed by atoms with van der Waals surface area (Å²) in [7, 11) is 1.68. The first-order valence-corrected chi connectivity index (χ1v) is 8.90. The summed E-state index contributed by atoms with van der Waals surface area (Å²) in [4.78, 5) is 0. The molecule has 3 nitrogen and oxygen atoms in total. The van der Waals surface area contributed by atoms with Crippen molar-refractivity contribution in [2.45, 2.75) is 19.7 Å². The van der Waals surface area contributed by atoms with Crippen molar-refractivity contribution in [1.29, 1.82) is 0 Å². The zero-order valence-electron chi connectivity index (χ0n) is 15.1. The topological polar surface area (TPSA) is 30.5 Å². The highest BCUT2D eigenvalue weighted by Gasteiger charge is 2.00. The van der Waals surface area contributed by atoms with Crippen LogP contribution in [0.1, 0.15) is 16.7 Å². The monoisotopic (exact) mass is 402 g/mol. The number of ether oxygens (including phenoxy) is 2. The summed E-state index contributed by atoms with van der Waals surface area (Å²) < 4.78 is 11.1. The summed E-state index contributed by atoms with van der Waals surface area (Å²) >= 11 is 5.90. The van der Waals surface area contributed by atoms with Crippen molar-refractivity contribution in [2.24, 2.45) is 0 Å². The first kappa shape index (κ1) is 21.1. The molecular formula is C22H22Cl2NO2-. The van der Waals surface area contributed by atoms with Gasteiger partial charge in [-0.15, -0.1) is 0 Å². The van der Waals surface area contributed by atoms with Crippen LogP contribution in [-0.4, -0.2) is 7.11 Å². The van der Waals surface area contributed by atoms with E-state index in [-0.39, 0.29) is 12.4 Å². The SMILES string of the molecule is COc1ccc(CNCc2cccc(OCc3ccc(Cl)cc3)c2)cc1.[Cl-]. The Kier molecular flexibility index (Phi) is 8.46. The van der Waals surface area contributed by atoms with E-state index < -0.39 is 0 Å². The minimum atomic E-state index is 0. The van der Waals surface area contributed by atoms with Gasteiger partial charge in [0.1, 0.15) is 18.1 Å². The standard InChI is InChI=1S/C22H22ClNO2.ClH/c1-25-21-11-7-17(8-12-21)14-24-15-19-3-2-4-22(13-19)26-16-18-5-9-20(23)10-6-18;/h2-13,24H,14-16H2,1H3;1H/p-1. The second kappa shape index (κ2) is 10.8. The Hall–Kier alpha value is -2.20. The normalized spacial score (nSPS) is 10.1. The van der Waals surface area contributed by atoms with E-state index >= 15 is 0 Å². The van der Waals surface area contributed by atoms with Gasteiger partial charge in [0.15, 0.2) is 0 Å². The highest BCUT2D eigenvalue weighted by Crippen LogP contribution is 2.17. The van der Waals surface area contributed by atoms with Crippen molar-refractivity contribution in [3.63, 3.8) is 0 Å². The number of hydrogen-bond donors (Lipinski definition) is 1. The third-order valence-corrected chi connectivity index (χ3v) is 4.29. The number of methoxy groups -OCH3 is 1. The fourth-order valence-electron chi connectivity index (χ4n) is 2.59. The average molecular weight is 403 g/mol. The van der Waals surface area contributed by atoms with Gasteiger partial charge >= 0.3 is 0 Å². The smallest absolute Gasteiger partial charge is 0.120 e. The van der Waals surface area contributed by atoms with Crippen molar-refractivity contribution < 1.29 is 21.9 Å². The van der Waals surface area contributed by atoms with Crippen LogP contribution >= 0.6 is 11.6 Å². The second-order valence-electron chi connectivity index (χ2n) is 6.01. The minimum Gasteiger partial charge on any atom is -1.00 e. The maximum absolute atomic E-state index is 5.90. The molecular weight excluding hydrogens is 381 g/mol. The number of rotatable bonds is 8. The van der Waals surface area contributed by atoms with Gasteiger partial charge in [0.2, 0.25) is 0 Å². The molecule has 142 valence electrons. The molecule has 0 fully saturated rings. The lowest BCUT2D eigenvalue weighted by molar-refractivity contribution is -0.00000587. The third kappa shape index (κ3) is 6.79. The van der Waals surface area contributed by atoms with E-state index in [2.05, 4.69) is 29.6 Å². The quantitative estimate of drug-likeness (QED) is 0.626. The van der Waals surface area contributed by atoms with E-state index in [1.165, 1.54) is 11.1 Å². The summed E-state index contributed by atoms with van der Waals surface area (Å²) in [6, 6.07) is 23.9. The van der Waals surface area contributed by atoms with Gasteiger partial charge in [0.25, 0.3) is 0 Å². The highest BCUT2D eigenvalue weighted by molar-refractivity contribution is 6.30. The Balaban J connectivity index is 0.00000261. The molecule has 0 saturated heterocycles. The van der Waals surface area contributed by atoms with Crippen molar-refractivity contribution in [3.8, 4) is 11.5 Å². The van der Waals surface area contributed by atoms with Gasteiger partial charge in [-0.05, 0) is 53.1 Å². The van der Waals surface area contributed by atoms with Crippen LogP contribution in [0.5, 0.6) is 11.5 Å². The zero-order valence-corrected chi connectivity index (χ0v) is 16.6. The Bertz CT molecular complexity index is 820. The molecule has 27 heavy (non-hydrogen) atoms. The van der Waals surface area contributed by atoms with E-state index in [1.807, 2.05) is 48.5 Å². The molecule has 0 radical (unpaired) electrons. The van der Waals surface area contributed by atoms with Gasteiger partial charge in [-0.25, -0.2) is 0 Å². The third-order valence-electron chi connectivity index (χ3n) is 4.03. The molecule has 0 aliphatic heterocycles.